The second-order valence-electron chi connectivity index (χ2n) is 5.63. The molecule has 23 heavy (non-hydrogen) atoms. The van der Waals surface area contributed by atoms with Crippen LogP contribution in [0.5, 0.6) is 0 Å². The molecule has 0 aliphatic rings. The average molecular weight is 322 g/mol. The van der Waals surface area contributed by atoms with Crippen molar-refractivity contribution in [1.82, 2.24) is 4.98 Å². The largest absolute Gasteiger partial charge is 0.321 e. The molecule has 3 rings (SSSR count). The predicted octanol–water partition coefficient (Wildman–Crippen LogP) is 4.99. The van der Waals surface area contributed by atoms with E-state index in [1.807, 2.05) is 62.5 Å². The number of rotatable bonds is 3. The van der Waals surface area contributed by atoms with E-state index < -0.39 is 0 Å². The second-order valence-corrected chi connectivity index (χ2v) is 6.69. The van der Waals surface area contributed by atoms with Gasteiger partial charge >= 0.3 is 0 Å². The van der Waals surface area contributed by atoms with Crippen LogP contribution >= 0.6 is 11.3 Å². The van der Waals surface area contributed by atoms with Crippen molar-refractivity contribution in [2.45, 2.75) is 20.8 Å². The fraction of sp³-hybridized carbons (Fsp3) is 0.158. The Bertz CT molecular complexity index is 847. The molecule has 4 heteroatoms. The first-order valence-electron chi connectivity index (χ1n) is 7.44. The molecular formula is C19H18N2OS. The van der Waals surface area contributed by atoms with Gasteiger partial charge in [-0.15, -0.1) is 11.3 Å². The molecule has 0 fully saturated rings. The highest BCUT2D eigenvalue weighted by Crippen LogP contribution is 2.29. The number of thiazole rings is 1. The lowest BCUT2D eigenvalue weighted by molar-refractivity contribution is 0.102. The first-order valence-corrected chi connectivity index (χ1v) is 8.32. The Hall–Kier alpha value is -2.46. The van der Waals surface area contributed by atoms with Crippen molar-refractivity contribution in [1.29, 1.82) is 0 Å². The highest BCUT2D eigenvalue weighted by molar-refractivity contribution is 7.09. The standard InChI is InChI=1S/C19H18N2OS/c1-12-8-13(2)10-15(9-12)19(22)21-17-7-5-4-6-16(17)18-11-23-14(3)20-18/h4-11H,1-3H3,(H,21,22). The van der Waals surface area contributed by atoms with Crippen LogP contribution in [0.4, 0.5) is 5.69 Å². The smallest absolute Gasteiger partial charge is 0.255 e. The van der Waals surface area contributed by atoms with E-state index in [9.17, 15) is 4.79 Å². The maximum atomic E-state index is 12.6. The molecule has 0 saturated heterocycles. The number of para-hydroxylation sites is 1. The van der Waals surface area contributed by atoms with Crippen molar-refractivity contribution >= 4 is 22.9 Å². The Morgan fingerprint density at radius 3 is 2.39 bits per heavy atom. The third-order valence-corrected chi connectivity index (χ3v) is 4.33. The molecule has 0 aliphatic carbocycles. The summed E-state index contributed by atoms with van der Waals surface area (Å²) >= 11 is 1.60. The number of carbonyl (C=O) groups is 1. The van der Waals surface area contributed by atoms with E-state index in [1.165, 1.54) is 0 Å². The Morgan fingerprint density at radius 1 is 1.04 bits per heavy atom. The molecule has 0 unspecified atom stereocenters. The van der Waals surface area contributed by atoms with Gasteiger partial charge in [0.05, 0.1) is 16.4 Å². The summed E-state index contributed by atoms with van der Waals surface area (Å²) < 4.78 is 0. The lowest BCUT2D eigenvalue weighted by Gasteiger charge is -2.10. The van der Waals surface area contributed by atoms with Gasteiger partial charge in [-0.2, -0.15) is 0 Å². The molecule has 0 spiro atoms. The van der Waals surface area contributed by atoms with E-state index >= 15 is 0 Å². The number of hydrogen-bond donors (Lipinski definition) is 1. The number of nitrogens with one attached hydrogen (secondary N) is 1. The van der Waals surface area contributed by atoms with Crippen LogP contribution in [0.15, 0.2) is 47.8 Å². The zero-order valence-electron chi connectivity index (χ0n) is 13.4. The molecule has 1 aromatic heterocycles. The van der Waals surface area contributed by atoms with Gasteiger partial charge in [-0.25, -0.2) is 4.98 Å². The molecule has 116 valence electrons. The summed E-state index contributed by atoms with van der Waals surface area (Å²) in [5.74, 6) is -0.101. The molecule has 3 aromatic rings. The quantitative estimate of drug-likeness (QED) is 0.738. The summed E-state index contributed by atoms with van der Waals surface area (Å²) in [6.07, 6.45) is 0. The highest BCUT2D eigenvalue weighted by Gasteiger charge is 2.12. The van der Waals surface area contributed by atoms with E-state index in [4.69, 9.17) is 0 Å². The van der Waals surface area contributed by atoms with Gasteiger partial charge in [0.1, 0.15) is 0 Å². The summed E-state index contributed by atoms with van der Waals surface area (Å²) in [7, 11) is 0. The van der Waals surface area contributed by atoms with Crippen LogP contribution in [0.25, 0.3) is 11.3 Å². The van der Waals surface area contributed by atoms with Crippen LogP contribution in [-0.4, -0.2) is 10.9 Å². The number of hydrogen-bond acceptors (Lipinski definition) is 3. The minimum absolute atomic E-state index is 0.101. The van der Waals surface area contributed by atoms with Crippen molar-refractivity contribution in [3.05, 3.63) is 69.5 Å². The van der Waals surface area contributed by atoms with Gasteiger partial charge in [0.15, 0.2) is 0 Å². The van der Waals surface area contributed by atoms with E-state index in [1.54, 1.807) is 11.3 Å². The van der Waals surface area contributed by atoms with Crippen LogP contribution < -0.4 is 5.32 Å². The predicted molar refractivity (Wildman–Crippen MR) is 96.2 cm³/mol. The van der Waals surface area contributed by atoms with Crippen molar-refractivity contribution in [2.75, 3.05) is 5.32 Å². The Labute approximate surface area is 140 Å². The number of benzene rings is 2. The third-order valence-electron chi connectivity index (χ3n) is 3.55. The van der Waals surface area contributed by atoms with Crippen molar-refractivity contribution in [3.63, 3.8) is 0 Å². The van der Waals surface area contributed by atoms with E-state index in [-0.39, 0.29) is 5.91 Å². The van der Waals surface area contributed by atoms with Crippen LogP contribution in [0, 0.1) is 20.8 Å². The number of nitrogens with zero attached hydrogens (tertiary/aromatic N) is 1. The monoisotopic (exact) mass is 322 g/mol. The average Bonchev–Trinajstić information content (AvgIpc) is 2.93. The summed E-state index contributed by atoms with van der Waals surface area (Å²) in [5.41, 5.74) is 5.45. The zero-order chi connectivity index (χ0) is 16.4. The molecule has 3 nitrogen and oxygen atoms in total. The molecule has 0 bridgehead atoms. The fourth-order valence-corrected chi connectivity index (χ4v) is 3.22. The first kappa shape index (κ1) is 15.4. The van der Waals surface area contributed by atoms with E-state index in [2.05, 4.69) is 16.4 Å². The van der Waals surface area contributed by atoms with Crippen LogP contribution in [0.2, 0.25) is 0 Å². The Kier molecular flexibility index (Phi) is 4.26. The lowest BCUT2D eigenvalue weighted by atomic mass is 10.1. The summed E-state index contributed by atoms with van der Waals surface area (Å²) in [6.45, 7) is 5.97. The third kappa shape index (κ3) is 3.48. The van der Waals surface area contributed by atoms with Gasteiger partial charge in [0.2, 0.25) is 0 Å². The Balaban J connectivity index is 1.92. The molecule has 0 aliphatic heterocycles. The number of aryl methyl sites for hydroxylation is 3. The number of aromatic nitrogens is 1. The minimum atomic E-state index is -0.101. The molecule has 1 amide bonds. The lowest BCUT2D eigenvalue weighted by Crippen LogP contribution is -2.13. The molecule has 1 heterocycles. The maximum Gasteiger partial charge on any atom is 0.255 e. The van der Waals surface area contributed by atoms with Crippen molar-refractivity contribution in [2.24, 2.45) is 0 Å². The van der Waals surface area contributed by atoms with Crippen LogP contribution in [-0.2, 0) is 0 Å². The topological polar surface area (TPSA) is 42.0 Å². The molecular weight excluding hydrogens is 304 g/mol. The number of anilines is 1. The molecule has 2 aromatic carbocycles. The van der Waals surface area contributed by atoms with Crippen LogP contribution in [0.3, 0.4) is 0 Å². The van der Waals surface area contributed by atoms with E-state index in [0.29, 0.717) is 5.56 Å². The summed E-state index contributed by atoms with van der Waals surface area (Å²) in [5, 5.41) is 6.04. The molecule has 0 atom stereocenters. The van der Waals surface area contributed by atoms with Gasteiger partial charge in [0, 0.05) is 16.5 Å². The van der Waals surface area contributed by atoms with Gasteiger partial charge in [0.25, 0.3) is 5.91 Å². The number of amides is 1. The Morgan fingerprint density at radius 2 is 1.74 bits per heavy atom. The molecule has 0 radical (unpaired) electrons. The molecule has 0 saturated carbocycles. The van der Waals surface area contributed by atoms with Crippen molar-refractivity contribution < 1.29 is 4.79 Å². The van der Waals surface area contributed by atoms with Gasteiger partial charge in [-0.3, -0.25) is 4.79 Å². The van der Waals surface area contributed by atoms with Crippen LogP contribution in [0.1, 0.15) is 26.5 Å². The summed E-state index contributed by atoms with van der Waals surface area (Å²) in [4.78, 5) is 17.1. The van der Waals surface area contributed by atoms with Gasteiger partial charge in [-0.05, 0) is 39.0 Å². The fourth-order valence-electron chi connectivity index (χ4n) is 2.60. The van der Waals surface area contributed by atoms with Gasteiger partial charge in [-0.1, -0.05) is 35.4 Å². The normalized spacial score (nSPS) is 10.6. The van der Waals surface area contributed by atoms with Crippen molar-refractivity contribution in [3.8, 4) is 11.3 Å². The SMILES string of the molecule is Cc1cc(C)cc(C(=O)Nc2ccccc2-c2csc(C)n2)c1. The van der Waals surface area contributed by atoms with Gasteiger partial charge < -0.3 is 5.32 Å². The number of carbonyl (C=O) groups excluding carboxylic acids is 1. The zero-order valence-corrected chi connectivity index (χ0v) is 14.2. The maximum absolute atomic E-state index is 12.6. The first-order chi connectivity index (χ1) is 11.0. The highest BCUT2D eigenvalue weighted by atomic mass is 32.1. The molecule has 1 N–H and O–H groups in total. The van der Waals surface area contributed by atoms with E-state index in [0.717, 1.165) is 33.1 Å². The minimum Gasteiger partial charge on any atom is -0.321 e. The summed E-state index contributed by atoms with van der Waals surface area (Å²) in [6, 6.07) is 13.6. The second kappa shape index (κ2) is 6.34.